The van der Waals surface area contributed by atoms with Crippen LogP contribution in [0.15, 0.2) is 18.2 Å². The van der Waals surface area contributed by atoms with Crippen LogP contribution in [0.4, 0.5) is 23.2 Å². The SMILES string of the molecule is Nc1cc(OC(F)(F)C(F)F)ccc1Cl. The zero-order valence-corrected chi connectivity index (χ0v) is 7.94. The number of benzene rings is 1. The second-order valence-corrected chi connectivity index (χ2v) is 3.06. The second-order valence-electron chi connectivity index (χ2n) is 2.65. The number of halogens is 5. The number of hydrogen-bond acceptors (Lipinski definition) is 2. The van der Waals surface area contributed by atoms with Crippen LogP contribution in [0, 0.1) is 0 Å². The first-order valence-corrected chi connectivity index (χ1v) is 4.10. The minimum atomic E-state index is -4.54. The molecule has 2 nitrogen and oxygen atoms in total. The molecule has 1 aromatic rings. The number of rotatable bonds is 3. The molecule has 0 aliphatic heterocycles. The quantitative estimate of drug-likeness (QED) is 0.654. The molecule has 7 heteroatoms. The molecular weight excluding hydrogens is 238 g/mol. The molecule has 0 aliphatic carbocycles. The van der Waals surface area contributed by atoms with Crippen LogP contribution in [0.1, 0.15) is 0 Å². The van der Waals surface area contributed by atoms with E-state index in [2.05, 4.69) is 4.74 Å². The zero-order valence-electron chi connectivity index (χ0n) is 7.18. The maximum Gasteiger partial charge on any atom is 0.461 e. The Morgan fingerprint density at radius 3 is 2.40 bits per heavy atom. The average molecular weight is 244 g/mol. The van der Waals surface area contributed by atoms with Crippen molar-refractivity contribution >= 4 is 17.3 Å². The van der Waals surface area contributed by atoms with Gasteiger partial charge in [-0.2, -0.15) is 17.6 Å². The van der Waals surface area contributed by atoms with Gasteiger partial charge in [0.15, 0.2) is 0 Å². The van der Waals surface area contributed by atoms with Gasteiger partial charge in [0.05, 0.1) is 10.7 Å². The van der Waals surface area contributed by atoms with E-state index in [9.17, 15) is 17.6 Å². The van der Waals surface area contributed by atoms with Crippen molar-refractivity contribution in [2.75, 3.05) is 5.73 Å². The van der Waals surface area contributed by atoms with Crippen LogP contribution in [0.5, 0.6) is 5.75 Å². The predicted octanol–water partition coefficient (Wildman–Crippen LogP) is 3.16. The van der Waals surface area contributed by atoms with Gasteiger partial charge in [-0.3, -0.25) is 0 Å². The summed E-state index contributed by atoms with van der Waals surface area (Å²) in [5.41, 5.74) is 5.24. The van der Waals surface area contributed by atoms with E-state index in [1.807, 2.05) is 0 Å². The molecule has 0 amide bonds. The van der Waals surface area contributed by atoms with Crippen LogP contribution < -0.4 is 10.5 Å². The summed E-state index contributed by atoms with van der Waals surface area (Å²) in [4.78, 5) is 0. The molecule has 0 heterocycles. The standard InChI is InChI=1S/C8H6ClF4NO/c9-5-2-1-4(3-6(5)14)15-8(12,13)7(10)11/h1-3,7H,14H2. The molecule has 15 heavy (non-hydrogen) atoms. The second kappa shape index (κ2) is 4.14. The molecular formula is C8H6ClF4NO. The topological polar surface area (TPSA) is 35.2 Å². The maximum atomic E-state index is 12.4. The molecule has 0 aromatic heterocycles. The summed E-state index contributed by atoms with van der Waals surface area (Å²) in [7, 11) is 0. The molecule has 0 radical (unpaired) electrons. The normalized spacial score (nSPS) is 11.9. The van der Waals surface area contributed by atoms with E-state index in [1.54, 1.807) is 0 Å². The van der Waals surface area contributed by atoms with Gasteiger partial charge in [0, 0.05) is 6.07 Å². The lowest BCUT2D eigenvalue weighted by Gasteiger charge is -2.17. The predicted molar refractivity (Wildman–Crippen MR) is 47.4 cm³/mol. The lowest BCUT2D eigenvalue weighted by Crippen LogP contribution is -2.33. The number of anilines is 1. The molecule has 0 atom stereocenters. The molecule has 0 saturated carbocycles. The number of nitrogens with two attached hydrogens (primary N) is 1. The van der Waals surface area contributed by atoms with Crippen LogP contribution in [0.3, 0.4) is 0 Å². The van der Waals surface area contributed by atoms with Crippen molar-refractivity contribution in [1.29, 1.82) is 0 Å². The lowest BCUT2D eigenvalue weighted by molar-refractivity contribution is -0.253. The van der Waals surface area contributed by atoms with Crippen molar-refractivity contribution in [3.63, 3.8) is 0 Å². The monoisotopic (exact) mass is 243 g/mol. The molecule has 0 aliphatic rings. The summed E-state index contributed by atoms with van der Waals surface area (Å²) in [5.74, 6) is -0.470. The smallest absolute Gasteiger partial charge is 0.428 e. The Bertz CT molecular complexity index is 358. The Morgan fingerprint density at radius 1 is 1.33 bits per heavy atom. The summed E-state index contributed by atoms with van der Waals surface area (Å²) in [6.45, 7) is 0. The van der Waals surface area contributed by atoms with E-state index in [4.69, 9.17) is 17.3 Å². The molecule has 84 valence electrons. The third kappa shape index (κ3) is 2.89. The number of nitrogen functional groups attached to an aromatic ring is 1. The highest BCUT2D eigenvalue weighted by Crippen LogP contribution is 2.30. The van der Waals surface area contributed by atoms with Crippen LogP contribution in [-0.2, 0) is 0 Å². The fourth-order valence-corrected chi connectivity index (χ4v) is 0.905. The fourth-order valence-electron chi connectivity index (χ4n) is 0.787. The Morgan fingerprint density at radius 2 is 1.93 bits per heavy atom. The highest BCUT2D eigenvalue weighted by atomic mass is 35.5. The largest absolute Gasteiger partial charge is 0.461 e. The first kappa shape index (κ1) is 11.9. The van der Waals surface area contributed by atoms with E-state index in [-0.39, 0.29) is 10.7 Å². The van der Waals surface area contributed by atoms with Gasteiger partial charge >= 0.3 is 12.5 Å². The van der Waals surface area contributed by atoms with E-state index in [0.717, 1.165) is 12.1 Å². The van der Waals surface area contributed by atoms with Gasteiger partial charge in [0.2, 0.25) is 0 Å². The van der Waals surface area contributed by atoms with Crippen molar-refractivity contribution in [3.05, 3.63) is 23.2 Å². The van der Waals surface area contributed by atoms with E-state index >= 15 is 0 Å². The van der Waals surface area contributed by atoms with Gasteiger partial charge < -0.3 is 10.5 Å². The highest BCUT2D eigenvalue weighted by molar-refractivity contribution is 6.33. The Balaban J connectivity index is 2.86. The molecule has 0 bridgehead atoms. The number of ether oxygens (including phenoxy) is 1. The van der Waals surface area contributed by atoms with Crippen LogP contribution in [0.25, 0.3) is 0 Å². The molecule has 0 unspecified atom stereocenters. The summed E-state index contributed by atoms with van der Waals surface area (Å²) in [6.07, 6.45) is -8.45. The Hall–Kier alpha value is -1.17. The van der Waals surface area contributed by atoms with Crippen LogP contribution in [0.2, 0.25) is 5.02 Å². The molecule has 1 aromatic carbocycles. The van der Waals surface area contributed by atoms with Crippen molar-refractivity contribution in [3.8, 4) is 5.75 Å². The Kier molecular flexibility index (Phi) is 3.28. The van der Waals surface area contributed by atoms with Crippen molar-refractivity contribution in [1.82, 2.24) is 0 Å². The summed E-state index contributed by atoms with van der Waals surface area (Å²) in [6, 6.07) is 3.14. The third-order valence-corrected chi connectivity index (χ3v) is 1.82. The van der Waals surface area contributed by atoms with Gasteiger partial charge in [-0.05, 0) is 12.1 Å². The van der Waals surface area contributed by atoms with Crippen molar-refractivity contribution < 1.29 is 22.3 Å². The van der Waals surface area contributed by atoms with E-state index in [1.165, 1.54) is 6.07 Å². The van der Waals surface area contributed by atoms with Gasteiger partial charge in [-0.15, -0.1) is 0 Å². The van der Waals surface area contributed by atoms with Gasteiger partial charge in [-0.1, -0.05) is 11.6 Å². The molecule has 0 saturated heterocycles. The summed E-state index contributed by atoms with van der Waals surface area (Å²) >= 11 is 5.50. The molecule has 1 rings (SSSR count). The van der Waals surface area contributed by atoms with Crippen molar-refractivity contribution in [2.24, 2.45) is 0 Å². The van der Waals surface area contributed by atoms with Crippen molar-refractivity contribution in [2.45, 2.75) is 12.5 Å². The number of alkyl halides is 4. The fraction of sp³-hybridized carbons (Fsp3) is 0.250. The first-order chi connectivity index (χ1) is 6.83. The van der Waals surface area contributed by atoms with Gasteiger partial charge in [0.1, 0.15) is 5.75 Å². The lowest BCUT2D eigenvalue weighted by atomic mass is 10.3. The molecule has 2 N–H and O–H groups in total. The third-order valence-electron chi connectivity index (χ3n) is 1.48. The first-order valence-electron chi connectivity index (χ1n) is 3.73. The minimum absolute atomic E-state index is 0.0285. The Labute approximate surface area is 87.6 Å². The van der Waals surface area contributed by atoms with E-state index < -0.39 is 18.3 Å². The average Bonchev–Trinajstić information content (AvgIpc) is 2.10. The maximum absolute atomic E-state index is 12.4. The van der Waals surface area contributed by atoms with Gasteiger partial charge in [-0.25, -0.2) is 0 Å². The van der Waals surface area contributed by atoms with Gasteiger partial charge in [0.25, 0.3) is 0 Å². The van der Waals surface area contributed by atoms with Crippen LogP contribution >= 0.6 is 11.6 Å². The summed E-state index contributed by atoms with van der Waals surface area (Å²) < 4.78 is 52.1. The zero-order chi connectivity index (χ0) is 11.6. The molecule has 0 spiro atoms. The van der Waals surface area contributed by atoms with E-state index in [0.29, 0.717) is 0 Å². The molecule has 0 fully saturated rings. The van der Waals surface area contributed by atoms with Crippen LogP contribution in [-0.4, -0.2) is 12.5 Å². The summed E-state index contributed by atoms with van der Waals surface area (Å²) in [5, 5.41) is 0.128. The number of hydrogen-bond donors (Lipinski definition) is 1. The highest BCUT2D eigenvalue weighted by Gasteiger charge is 2.43. The minimum Gasteiger partial charge on any atom is -0.428 e.